The summed E-state index contributed by atoms with van der Waals surface area (Å²) in [5.74, 6) is 2.08. The van der Waals surface area contributed by atoms with Crippen LogP contribution in [0.4, 0.5) is 0 Å². The molecule has 5 heteroatoms. The number of ether oxygens (including phenoxy) is 2. The molecule has 0 aromatic rings. The number of carboxylic acid groups (broad SMARTS) is 1. The number of fused-ring (bicyclic) bond motifs is 7. The molecule has 5 aliphatic carbocycles. The summed E-state index contributed by atoms with van der Waals surface area (Å²) in [6, 6.07) is 0. The van der Waals surface area contributed by atoms with E-state index in [1.54, 1.807) is 13.8 Å². The molecule has 5 fully saturated rings. The van der Waals surface area contributed by atoms with Gasteiger partial charge in [-0.2, -0.15) is 0 Å². The van der Waals surface area contributed by atoms with Crippen LogP contribution in [0.15, 0.2) is 12.2 Å². The number of hydrogen-bond acceptors (Lipinski definition) is 4. The van der Waals surface area contributed by atoms with Gasteiger partial charge >= 0.3 is 11.9 Å². The Morgan fingerprint density at radius 1 is 0.830 bits per heavy atom. The number of carbonyl (C=O) groups is 2. The zero-order valence-electron chi connectivity index (χ0n) is 31.8. The minimum Gasteiger partial charge on any atom is -0.481 e. The van der Waals surface area contributed by atoms with Crippen molar-refractivity contribution in [2.24, 2.45) is 62.1 Å². The fourth-order valence-corrected chi connectivity index (χ4v) is 13.6. The Balaban J connectivity index is 1.36. The van der Waals surface area contributed by atoms with E-state index < -0.39 is 11.4 Å². The molecule has 1 unspecified atom stereocenters. The van der Waals surface area contributed by atoms with Crippen LogP contribution in [0.3, 0.4) is 0 Å². The van der Waals surface area contributed by atoms with E-state index in [4.69, 9.17) is 9.47 Å². The van der Waals surface area contributed by atoms with E-state index in [2.05, 4.69) is 48.1 Å². The molecule has 5 nitrogen and oxygen atoms in total. The van der Waals surface area contributed by atoms with Crippen molar-refractivity contribution in [2.45, 2.75) is 164 Å². The lowest BCUT2D eigenvalue weighted by atomic mass is 9.32. The van der Waals surface area contributed by atoms with E-state index in [0.29, 0.717) is 34.0 Å². The molecule has 0 amide bonds. The zero-order chi connectivity index (χ0) is 34.6. The van der Waals surface area contributed by atoms with Gasteiger partial charge in [0.25, 0.3) is 0 Å². The summed E-state index contributed by atoms with van der Waals surface area (Å²) in [5.41, 5.74) is 1.54. The summed E-state index contributed by atoms with van der Waals surface area (Å²) >= 11 is 0. The third kappa shape index (κ3) is 6.07. The maximum Gasteiger partial charge on any atom is 0.309 e. The largest absolute Gasteiger partial charge is 0.481 e. The highest BCUT2D eigenvalue weighted by molar-refractivity contribution is 5.81. The van der Waals surface area contributed by atoms with Gasteiger partial charge < -0.3 is 14.6 Å². The predicted molar refractivity (Wildman–Crippen MR) is 190 cm³/mol. The number of rotatable bonds is 12. The van der Waals surface area contributed by atoms with Crippen LogP contribution in [0, 0.1) is 62.1 Å². The average molecular weight is 655 g/mol. The quantitative estimate of drug-likeness (QED) is 0.129. The van der Waals surface area contributed by atoms with Crippen molar-refractivity contribution in [3.8, 4) is 0 Å². The van der Waals surface area contributed by atoms with Crippen LogP contribution in [0.5, 0.6) is 0 Å². The lowest BCUT2D eigenvalue weighted by Gasteiger charge is -2.73. The number of unbranched alkanes of at least 4 members (excludes halogenated alkanes) is 3. The van der Waals surface area contributed by atoms with E-state index in [0.717, 1.165) is 31.3 Å². The fourth-order valence-electron chi connectivity index (χ4n) is 13.6. The minimum absolute atomic E-state index is 0.0844. The first-order chi connectivity index (χ1) is 21.9. The van der Waals surface area contributed by atoms with Gasteiger partial charge in [-0.15, -0.1) is 0 Å². The molecule has 47 heavy (non-hydrogen) atoms. The molecule has 5 saturated carbocycles. The highest BCUT2D eigenvalue weighted by Gasteiger charge is 2.71. The first-order valence-corrected chi connectivity index (χ1v) is 19.5. The molecule has 0 radical (unpaired) electrons. The Hall–Kier alpha value is -1.36. The zero-order valence-corrected chi connectivity index (χ0v) is 31.8. The summed E-state index contributed by atoms with van der Waals surface area (Å²) in [5, 5.41) is 9.59. The van der Waals surface area contributed by atoms with Gasteiger partial charge in [-0.25, -0.2) is 0 Å². The van der Waals surface area contributed by atoms with Crippen LogP contribution < -0.4 is 0 Å². The number of carboxylic acids is 1. The van der Waals surface area contributed by atoms with E-state index in [1.165, 1.54) is 89.0 Å². The van der Waals surface area contributed by atoms with Crippen LogP contribution >= 0.6 is 0 Å². The third-order valence-electron chi connectivity index (χ3n) is 16.4. The number of carbonyl (C=O) groups excluding carboxylic acids is 1. The molecular formula is C42H70O5. The normalized spacial score (nSPS) is 42.4. The van der Waals surface area contributed by atoms with Crippen molar-refractivity contribution in [1.29, 1.82) is 0 Å². The molecule has 0 aromatic carbocycles. The smallest absolute Gasteiger partial charge is 0.309 e. The predicted octanol–water partition coefficient (Wildman–Crippen LogP) is 10.7. The van der Waals surface area contributed by atoms with Crippen molar-refractivity contribution in [3.63, 3.8) is 0 Å². The summed E-state index contributed by atoms with van der Waals surface area (Å²) in [4.78, 5) is 24.8. The van der Waals surface area contributed by atoms with E-state index in [-0.39, 0.29) is 29.3 Å². The summed E-state index contributed by atoms with van der Waals surface area (Å²) in [6.45, 7) is 23.8. The van der Waals surface area contributed by atoms with Gasteiger partial charge in [0.15, 0.2) is 0 Å². The number of esters is 1. The van der Waals surface area contributed by atoms with Crippen LogP contribution in [-0.4, -0.2) is 36.9 Å². The van der Waals surface area contributed by atoms with E-state index in [9.17, 15) is 14.7 Å². The van der Waals surface area contributed by atoms with Gasteiger partial charge in [0.1, 0.15) is 6.10 Å². The highest BCUT2D eigenvalue weighted by atomic mass is 16.5. The maximum atomic E-state index is 13.1. The van der Waals surface area contributed by atoms with Gasteiger partial charge in [0.05, 0.1) is 11.8 Å². The van der Waals surface area contributed by atoms with Crippen LogP contribution in [0.2, 0.25) is 0 Å². The Bertz CT molecular complexity index is 1190. The van der Waals surface area contributed by atoms with Crippen molar-refractivity contribution in [2.75, 3.05) is 13.7 Å². The first-order valence-electron chi connectivity index (χ1n) is 19.5. The Kier molecular flexibility index (Phi) is 10.3. The fraction of sp³-hybridized carbons (Fsp3) is 0.905. The molecule has 0 aliphatic heterocycles. The summed E-state index contributed by atoms with van der Waals surface area (Å²) < 4.78 is 11.5. The molecule has 0 saturated heterocycles. The highest BCUT2D eigenvalue weighted by Crippen LogP contribution is 2.78. The second-order valence-electron chi connectivity index (χ2n) is 19.4. The summed E-state index contributed by atoms with van der Waals surface area (Å²) in [7, 11) is 1.82. The lowest BCUT2D eigenvalue weighted by Crippen LogP contribution is -2.66. The molecule has 5 rings (SSSR count). The minimum atomic E-state index is -1.12. The summed E-state index contributed by atoms with van der Waals surface area (Å²) in [6.07, 6.45) is 18.9. The van der Waals surface area contributed by atoms with Crippen molar-refractivity contribution in [1.82, 2.24) is 0 Å². The monoisotopic (exact) mass is 655 g/mol. The second-order valence-corrected chi connectivity index (χ2v) is 19.4. The van der Waals surface area contributed by atoms with Crippen molar-refractivity contribution < 1.29 is 24.2 Å². The third-order valence-corrected chi connectivity index (χ3v) is 16.4. The first kappa shape index (κ1) is 36.9. The second kappa shape index (κ2) is 13.1. The van der Waals surface area contributed by atoms with E-state index in [1.807, 2.05) is 7.11 Å². The van der Waals surface area contributed by atoms with Crippen molar-refractivity contribution >= 4 is 11.9 Å². The average Bonchev–Trinajstić information content (AvgIpc) is 3.36. The van der Waals surface area contributed by atoms with Gasteiger partial charge in [0, 0.05) is 19.1 Å². The van der Waals surface area contributed by atoms with Gasteiger partial charge in [-0.1, -0.05) is 66.0 Å². The lowest BCUT2D eigenvalue weighted by molar-refractivity contribution is -0.250. The Labute approximate surface area is 287 Å². The standard InChI is InChI=1S/C42H70O5/c1-28(2)29-17-23-42(20-13-11-12-14-26-46-10)25-24-40(8)30(35(29)42)15-16-32-39(7)21-19-33(47-34(43)27-37(3,4)36(44)45)38(5,6)31(39)18-22-41(32,40)9/h29-33,35H,1,11-27H2,2-10H3,(H,44,45)/t29?,30-,31+,32-,33+,35-,39+,40-,41-,42-/m1/s1. The van der Waals surface area contributed by atoms with Crippen molar-refractivity contribution in [3.05, 3.63) is 12.2 Å². The molecule has 1 N–H and O–H groups in total. The number of methoxy groups -OCH3 is 1. The topological polar surface area (TPSA) is 72.8 Å². The molecule has 0 bridgehead atoms. The number of aliphatic carboxylic acids is 1. The molecule has 0 heterocycles. The number of hydrogen-bond donors (Lipinski definition) is 1. The van der Waals surface area contributed by atoms with Gasteiger partial charge in [-0.05, 0) is 149 Å². The Morgan fingerprint density at radius 2 is 1.53 bits per heavy atom. The molecule has 268 valence electrons. The maximum absolute atomic E-state index is 13.1. The van der Waals surface area contributed by atoms with Crippen LogP contribution in [0.25, 0.3) is 0 Å². The van der Waals surface area contributed by atoms with Crippen LogP contribution in [-0.2, 0) is 19.1 Å². The molecule has 0 spiro atoms. The molecular weight excluding hydrogens is 584 g/mol. The number of allylic oxidation sites excluding steroid dienone is 1. The van der Waals surface area contributed by atoms with Gasteiger partial charge in [-0.3, -0.25) is 9.59 Å². The van der Waals surface area contributed by atoms with Crippen LogP contribution in [0.1, 0.15) is 158 Å². The molecule has 10 atom stereocenters. The van der Waals surface area contributed by atoms with E-state index >= 15 is 0 Å². The molecule has 0 aromatic heterocycles. The molecule has 5 aliphatic rings. The van der Waals surface area contributed by atoms with Gasteiger partial charge in [0.2, 0.25) is 0 Å². The SMILES string of the molecule is C=C(C)C1CC[C@]2(CCCCCCOC)CC[C@]3(C)[C@H](CC[C@@H]4[C@@]5(C)CC[C@H](OC(=O)CC(C)(C)C(=O)O)C(C)(C)[C@@H]5CC[C@]43C)[C@@H]12. The Morgan fingerprint density at radius 3 is 2.19 bits per heavy atom.